The van der Waals surface area contributed by atoms with E-state index in [0.29, 0.717) is 0 Å². The number of phosphoric acid groups is 1. The van der Waals surface area contributed by atoms with E-state index in [-0.39, 0.29) is 32.3 Å². The first-order valence-corrected chi connectivity index (χ1v) is 6.90. The van der Waals surface area contributed by atoms with Crippen LogP contribution in [-0.4, -0.2) is 37.2 Å². The van der Waals surface area contributed by atoms with Crippen LogP contribution in [-0.2, 0) is 23.1 Å². The summed E-state index contributed by atoms with van der Waals surface area (Å²) in [5.41, 5.74) is 6.29. The second-order valence-electron chi connectivity index (χ2n) is 3.51. The van der Waals surface area contributed by atoms with Gasteiger partial charge in [-0.1, -0.05) is 13.8 Å². The standard InChI is InChI=1S/C8H17N4O6P/c1-7(2)8(13)16-5-6-18-19(14,15)17-4-3-10-12-11-9/h7,9H,3-6H2,1-2H3,(H,14,15). The van der Waals surface area contributed by atoms with Gasteiger partial charge in [0.15, 0.2) is 0 Å². The van der Waals surface area contributed by atoms with Crippen molar-refractivity contribution in [3.63, 3.8) is 0 Å². The maximum Gasteiger partial charge on any atom is 0.472 e. The van der Waals surface area contributed by atoms with Crippen LogP contribution in [0.4, 0.5) is 0 Å². The highest BCUT2D eigenvalue weighted by atomic mass is 31.2. The van der Waals surface area contributed by atoms with Gasteiger partial charge in [0, 0.05) is 0 Å². The summed E-state index contributed by atoms with van der Waals surface area (Å²) < 4.78 is 25.1. The van der Waals surface area contributed by atoms with Crippen molar-refractivity contribution in [1.82, 2.24) is 0 Å². The fourth-order valence-electron chi connectivity index (χ4n) is 0.772. The third kappa shape index (κ3) is 10.4. The Morgan fingerprint density at radius 2 is 1.95 bits per heavy atom. The zero-order chi connectivity index (χ0) is 14.7. The van der Waals surface area contributed by atoms with Crippen molar-refractivity contribution in [2.45, 2.75) is 13.8 Å². The predicted molar refractivity (Wildman–Crippen MR) is 62.4 cm³/mol. The van der Waals surface area contributed by atoms with E-state index >= 15 is 0 Å². The lowest BCUT2D eigenvalue weighted by atomic mass is 10.2. The molecule has 11 heteroatoms. The van der Waals surface area contributed by atoms with Crippen LogP contribution < -0.4 is 0 Å². The van der Waals surface area contributed by atoms with E-state index in [4.69, 9.17) is 10.3 Å². The summed E-state index contributed by atoms with van der Waals surface area (Å²) in [4.78, 5) is 20.2. The lowest BCUT2D eigenvalue weighted by Crippen LogP contribution is -2.15. The third-order valence-corrected chi connectivity index (χ3v) is 2.62. The molecular weight excluding hydrogens is 279 g/mol. The summed E-state index contributed by atoms with van der Waals surface area (Å²) in [6.07, 6.45) is 0. The molecule has 2 N–H and O–H groups in total. The molecule has 1 unspecified atom stereocenters. The minimum atomic E-state index is -4.20. The van der Waals surface area contributed by atoms with Gasteiger partial charge in [-0.3, -0.25) is 13.8 Å². The fourth-order valence-corrected chi connectivity index (χ4v) is 1.46. The summed E-state index contributed by atoms with van der Waals surface area (Å²) in [5, 5.41) is 8.89. The van der Waals surface area contributed by atoms with Crippen molar-refractivity contribution in [2.24, 2.45) is 21.5 Å². The highest BCUT2D eigenvalue weighted by Gasteiger charge is 2.20. The van der Waals surface area contributed by atoms with Gasteiger partial charge in [-0.05, 0) is 10.4 Å². The summed E-state index contributed by atoms with van der Waals surface area (Å²) in [6.45, 7) is 2.71. The molecule has 0 aromatic rings. The highest BCUT2D eigenvalue weighted by Crippen LogP contribution is 2.42. The van der Waals surface area contributed by atoms with Crippen molar-refractivity contribution in [2.75, 3.05) is 26.4 Å². The van der Waals surface area contributed by atoms with E-state index in [1.54, 1.807) is 13.8 Å². The molecule has 0 aromatic heterocycles. The van der Waals surface area contributed by atoms with Crippen LogP contribution in [0.15, 0.2) is 15.6 Å². The Labute approximate surface area is 110 Å². The Bertz CT molecular complexity index is 361. The van der Waals surface area contributed by atoms with Gasteiger partial charge in [0.2, 0.25) is 0 Å². The minimum Gasteiger partial charge on any atom is -0.463 e. The topological polar surface area (TPSA) is 143 Å². The molecule has 0 aliphatic rings. The summed E-state index contributed by atoms with van der Waals surface area (Å²) in [5.74, 6) is -0.693. The van der Waals surface area contributed by atoms with E-state index in [9.17, 15) is 14.3 Å². The number of esters is 1. The minimum absolute atomic E-state index is 0.0291. The van der Waals surface area contributed by atoms with E-state index in [1.807, 2.05) is 0 Å². The normalized spacial score (nSPS) is 14.5. The average Bonchev–Trinajstić information content (AvgIpc) is 2.34. The van der Waals surface area contributed by atoms with Gasteiger partial charge >= 0.3 is 13.8 Å². The number of nitrogens with one attached hydrogen (secondary N) is 1. The number of carbonyl (C=O) groups excluding carboxylic acids is 1. The Morgan fingerprint density at radius 3 is 2.53 bits per heavy atom. The van der Waals surface area contributed by atoms with E-state index in [2.05, 4.69) is 24.6 Å². The smallest absolute Gasteiger partial charge is 0.463 e. The maximum absolute atomic E-state index is 11.3. The van der Waals surface area contributed by atoms with Crippen LogP contribution in [0.3, 0.4) is 0 Å². The number of carbonyl (C=O) groups is 1. The third-order valence-electron chi connectivity index (χ3n) is 1.61. The summed E-state index contributed by atoms with van der Waals surface area (Å²) in [6, 6.07) is 0. The van der Waals surface area contributed by atoms with Gasteiger partial charge in [0.25, 0.3) is 0 Å². The largest absolute Gasteiger partial charge is 0.472 e. The molecule has 19 heavy (non-hydrogen) atoms. The van der Waals surface area contributed by atoms with Crippen molar-refractivity contribution in [3.8, 4) is 0 Å². The predicted octanol–water partition coefficient (Wildman–Crippen LogP) is 1.72. The molecule has 0 aromatic carbocycles. The fraction of sp³-hybridized carbons (Fsp3) is 0.875. The number of phosphoric ester groups is 1. The molecule has 0 aliphatic carbocycles. The molecule has 0 aliphatic heterocycles. The Morgan fingerprint density at radius 1 is 1.32 bits per heavy atom. The SMILES string of the molecule is CC(C)C(=O)OCCOP(=O)(O)OCCN=NN=N. The van der Waals surface area contributed by atoms with E-state index < -0.39 is 13.8 Å². The van der Waals surface area contributed by atoms with Gasteiger partial charge in [-0.2, -0.15) is 10.6 Å². The molecule has 0 spiro atoms. The number of ether oxygens (including phenoxy) is 1. The molecule has 110 valence electrons. The molecule has 0 rings (SSSR count). The van der Waals surface area contributed by atoms with Crippen LogP contribution in [0.2, 0.25) is 0 Å². The molecule has 10 nitrogen and oxygen atoms in total. The number of hydrogen-bond acceptors (Lipinski definition) is 7. The Balaban J connectivity index is 3.73. The maximum atomic E-state index is 11.3. The van der Waals surface area contributed by atoms with Crippen molar-refractivity contribution in [3.05, 3.63) is 0 Å². The first-order valence-electron chi connectivity index (χ1n) is 5.41. The zero-order valence-electron chi connectivity index (χ0n) is 10.7. The van der Waals surface area contributed by atoms with Crippen LogP contribution in [0.5, 0.6) is 0 Å². The second-order valence-corrected chi connectivity index (χ2v) is 4.97. The average molecular weight is 296 g/mol. The first kappa shape index (κ1) is 17.8. The van der Waals surface area contributed by atoms with E-state index in [1.165, 1.54) is 0 Å². The summed E-state index contributed by atoms with van der Waals surface area (Å²) >= 11 is 0. The van der Waals surface area contributed by atoms with Crippen molar-refractivity contribution >= 4 is 13.8 Å². The van der Waals surface area contributed by atoms with Crippen LogP contribution in [0, 0.1) is 11.4 Å². The van der Waals surface area contributed by atoms with Crippen molar-refractivity contribution in [1.29, 1.82) is 5.53 Å². The van der Waals surface area contributed by atoms with Crippen molar-refractivity contribution < 1.29 is 28.0 Å². The number of nitrogens with zero attached hydrogens (tertiary/aromatic N) is 3. The Hall–Kier alpha value is -1.22. The first-order chi connectivity index (χ1) is 8.89. The molecule has 0 amide bonds. The molecule has 1 atom stereocenters. The lowest BCUT2D eigenvalue weighted by Gasteiger charge is -2.11. The second kappa shape index (κ2) is 9.68. The van der Waals surface area contributed by atoms with Gasteiger partial charge in [0.1, 0.15) is 6.61 Å². The molecule has 0 radical (unpaired) electrons. The van der Waals surface area contributed by atoms with Gasteiger partial charge in [-0.15, -0.1) is 0 Å². The van der Waals surface area contributed by atoms with Crippen LogP contribution in [0.25, 0.3) is 0 Å². The zero-order valence-corrected chi connectivity index (χ0v) is 11.6. The molecule has 0 saturated heterocycles. The number of hydrogen-bond donors (Lipinski definition) is 2. The van der Waals surface area contributed by atoms with Gasteiger partial charge < -0.3 is 9.63 Å². The molecule has 0 bridgehead atoms. The number of rotatable bonds is 10. The molecule has 0 saturated carbocycles. The summed E-state index contributed by atoms with van der Waals surface area (Å²) in [7, 11) is -4.20. The van der Waals surface area contributed by atoms with Crippen LogP contribution in [0.1, 0.15) is 13.8 Å². The monoisotopic (exact) mass is 296 g/mol. The lowest BCUT2D eigenvalue weighted by molar-refractivity contribution is -0.148. The molecular formula is C8H17N4O6P. The van der Waals surface area contributed by atoms with Gasteiger partial charge in [-0.25, -0.2) is 4.57 Å². The Kier molecular flexibility index (Phi) is 9.06. The van der Waals surface area contributed by atoms with E-state index in [0.717, 1.165) is 0 Å². The van der Waals surface area contributed by atoms with Gasteiger partial charge in [0.05, 0.1) is 25.7 Å². The van der Waals surface area contributed by atoms with Crippen LogP contribution >= 0.6 is 7.82 Å². The highest BCUT2D eigenvalue weighted by molar-refractivity contribution is 7.47. The quantitative estimate of drug-likeness (QED) is 0.206. The molecule has 0 fully saturated rings. The molecule has 0 heterocycles.